The van der Waals surface area contributed by atoms with E-state index in [9.17, 15) is 9.59 Å². The van der Waals surface area contributed by atoms with Crippen LogP contribution in [0.1, 0.15) is 20.8 Å². The molecule has 0 aromatic carbocycles. The lowest BCUT2D eigenvalue weighted by atomic mass is 9.94. The van der Waals surface area contributed by atoms with Crippen molar-refractivity contribution in [1.82, 2.24) is 30.0 Å². The highest BCUT2D eigenvalue weighted by molar-refractivity contribution is 5.82. The van der Waals surface area contributed by atoms with Crippen LogP contribution in [0.15, 0.2) is 6.33 Å². The lowest BCUT2D eigenvalue weighted by Crippen LogP contribution is -2.53. The van der Waals surface area contributed by atoms with Gasteiger partial charge in [0.2, 0.25) is 11.8 Å². The maximum atomic E-state index is 12.1. The van der Waals surface area contributed by atoms with Gasteiger partial charge in [0, 0.05) is 31.6 Å². The Morgan fingerprint density at radius 1 is 1.10 bits per heavy atom. The average molecular weight is 280 g/mol. The van der Waals surface area contributed by atoms with Gasteiger partial charge < -0.3 is 9.80 Å². The van der Waals surface area contributed by atoms with E-state index in [4.69, 9.17) is 0 Å². The minimum absolute atomic E-state index is 0.0276. The van der Waals surface area contributed by atoms with Crippen molar-refractivity contribution in [2.24, 2.45) is 5.41 Å². The summed E-state index contributed by atoms with van der Waals surface area (Å²) in [6.45, 7) is 8.14. The summed E-state index contributed by atoms with van der Waals surface area (Å²) >= 11 is 0. The highest BCUT2D eigenvalue weighted by Crippen LogP contribution is 2.18. The molecule has 0 N–H and O–H groups in total. The molecular weight excluding hydrogens is 260 g/mol. The van der Waals surface area contributed by atoms with E-state index in [0.29, 0.717) is 26.2 Å². The Bertz CT molecular complexity index is 471. The Hall–Kier alpha value is -1.99. The van der Waals surface area contributed by atoms with Crippen LogP contribution in [0.25, 0.3) is 0 Å². The summed E-state index contributed by atoms with van der Waals surface area (Å²) in [5, 5.41) is 10.7. The van der Waals surface area contributed by atoms with Crippen LogP contribution in [0.5, 0.6) is 0 Å². The molecule has 1 saturated heterocycles. The third-order valence-electron chi connectivity index (χ3n) is 3.25. The van der Waals surface area contributed by atoms with Gasteiger partial charge in [-0.2, -0.15) is 0 Å². The third kappa shape index (κ3) is 3.31. The van der Waals surface area contributed by atoms with Crippen LogP contribution in [0.3, 0.4) is 0 Å². The predicted molar refractivity (Wildman–Crippen MR) is 70.4 cm³/mol. The van der Waals surface area contributed by atoms with E-state index in [1.54, 1.807) is 4.90 Å². The molecule has 20 heavy (non-hydrogen) atoms. The molecule has 8 heteroatoms. The monoisotopic (exact) mass is 280 g/mol. The minimum atomic E-state index is -0.376. The molecule has 1 aromatic heterocycles. The zero-order valence-corrected chi connectivity index (χ0v) is 12.1. The molecule has 0 spiro atoms. The Morgan fingerprint density at radius 3 is 2.20 bits per heavy atom. The molecule has 0 saturated carbocycles. The molecule has 2 heterocycles. The van der Waals surface area contributed by atoms with Crippen molar-refractivity contribution in [2.45, 2.75) is 27.3 Å². The molecule has 1 aromatic rings. The van der Waals surface area contributed by atoms with Gasteiger partial charge in [-0.05, 0) is 10.4 Å². The van der Waals surface area contributed by atoms with Gasteiger partial charge in [0.25, 0.3) is 0 Å². The lowest BCUT2D eigenvalue weighted by molar-refractivity contribution is -0.145. The largest absolute Gasteiger partial charge is 0.339 e. The van der Waals surface area contributed by atoms with Crippen LogP contribution < -0.4 is 0 Å². The summed E-state index contributed by atoms with van der Waals surface area (Å²) < 4.78 is 1.40. The first-order valence-corrected chi connectivity index (χ1v) is 6.66. The number of rotatable bonds is 2. The second-order valence-electron chi connectivity index (χ2n) is 5.93. The van der Waals surface area contributed by atoms with Crippen molar-refractivity contribution in [3.05, 3.63) is 6.33 Å². The standard InChI is InChI=1S/C12H20N6O2/c1-12(2,3)11(20)17-6-4-16(5-7-17)10(19)8-18-9-13-14-15-18/h9H,4-8H2,1-3H3. The first-order valence-electron chi connectivity index (χ1n) is 6.66. The molecule has 0 bridgehead atoms. The number of carbonyl (C=O) groups is 2. The van der Waals surface area contributed by atoms with Crippen molar-refractivity contribution in [2.75, 3.05) is 26.2 Å². The lowest BCUT2D eigenvalue weighted by Gasteiger charge is -2.37. The van der Waals surface area contributed by atoms with E-state index in [-0.39, 0.29) is 23.8 Å². The summed E-state index contributed by atoms with van der Waals surface area (Å²) in [4.78, 5) is 27.8. The summed E-state index contributed by atoms with van der Waals surface area (Å²) in [5.74, 6) is 0.102. The fourth-order valence-electron chi connectivity index (χ4n) is 2.12. The number of nitrogens with zero attached hydrogens (tertiary/aromatic N) is 6. The summed E-state index contributed by atoms with van der Waals surface area (Å²) in [7, 11) is 0. The SMILES string of the molecule is CC(C)(C)C(=O)N1CCN(C(=O)Cn2cnnn2)CC1. The Kier molecular flexibility index (Phi) is 4.01. The predicted octanol–water partition coefficient (Wildman–Crippen LogP) is -0.610. The number of hydrogen-bond donors (Lipinski definition) is 0. The molecule has 1 aliphatic rings. The number of tetrazole rings is 1. The Morgan fingerprint density at radius 2 is 1.70 bits per heavy atom. The van der Waals surface area contributed by atoms with Gasteiger partial charge in [0.1, 0.15) is 12.9 Å². The second-order valence-corrected chi connectivity index (χ2v) is 5.93. The first-order chi connectivity index (χ1) is 9.38. The van der Waals surface area contributed by atoms with Crippen molar-refractivity contribution in [3.63, 3.8) is 0 Å². The number of carbonyl (C=O) groups excluding carboxylic acids is 2. The molecule has 2 rings (SSSR count). The van der Waals surface area contributed by atoms with Gasteiger partial charge in [-0.3, -0.25) is 9.59 Å². The summed E-state index contributed by atoms with van der Waals surface area (Å²) in [6, 6.07) is 0. The van der Waals surface area contributed by atoms with Crippen molar-refractivity contribution >= 4 is 11.8 Å². The van der Waals surface area contributed by atoms with Crippen molar-refractivity contribution < 1.29 is 9.59 Å². The Balaban J connectivity index is 1.85. The van der Waals surface area contributed by atoms with Gasteiger partial charge in [-0.15, -0.1) is 5.10 Å². The van der Waals surface area contributed by atoms with Crippen LogP contribution in [0.4, 0.5) is 0 Å². The smallest absolute Gasteiger partial charge is 0.244 e. The fourth-order valence-corrected chi connectivity index (χ4v) is 2.12. The molecule has 0 unspecified atom stereocenters. The molecule has 1 fully saturated rings. The number of hydrogen-bond acceptors (Lipinski definition) is 5. The fraction of sp³-hybridized carbons (Fsp3) is 0.750. The minimum Gasteiger partial charge on any atom is -0.339 e. The maximum absolute atomic E-state index is 12.1. The van der Waals surface area contributed by atoms with E-state index in [2.05, 4.69) is 15.5 Å². The summed E-state index contributed by atoms with van der Waals surface area (Å²) in [6.07, 6.45) is 1.41. The molecule has 110 valence electrons. The van der Waals surface area contributed by atoms with Gasteiger partial charge in [-0.25, -0.2) is 4.68 Å². The highest BCUT2D eigenvalue weighted by Gasteiger charge is 2.30. The zero-order chi connectivity index (χ0) is 14.8. The average Bonchev–Trinajstić information content (AvgIpc) is 2.90. The van der Waals surface area contributed by atoms with E-state index in [0.717, 1.165) is 0 Å². The Labute approximate surface area is 117 Å². The molecule has 8 nitrogen and oxygen atoms in total. The van der Waals surface area contributed by atoms with E-state index >= 15 is 0 Å². The van der Waals surface area contributed by atoms with Gasteiger partial charge in [0.15, 0.2) is 0 Å². The highest BCUT2D eigenvalue weighted by atomic mass is 16.2. The van der Waals surface area contributed by atoms with Crippen LogP contribution in [0.2, 0.25) is 0 Å². The quantitative estimate of drug-likeness (QED) is 0.721. The number of piperazine rings is 1. The molecular formula is C12H20N6O2. The van der Waals surface area contributed by atoms with Gasteiger partial charge in [-0.1, -0.05) is 20.8 Å². The van der Waals surface area contributed by atoms with Crippen molar-refractivity contribution in [1.29, 1.82) is 0 Å². The van der Waals surface area contributed by atoms with E-state index in [1.165, 1.54) is 11.0 Å². The zero-order valence-electron chi connectivity index (χ0n) is 12.1. The first kappa shape index (κ1) is 14.4. The molecule has 0 atom stereocenters. The molecule has 2 amide bonds. The second kappa shape index (κ2) is 5.56. The topological polar surface area (TPSA) is 84.2 Å². The molecule has 0 radical (unpaired) electrons. The molecule has 1 aliphatic heterocycles. The van der Waals surface area contributed by atoms with Crippen LogP contribution in [-0.4, -0.2) is 68.0 Å². The van der Waals surface area contributed by atoms with Gasteiger partial charge in [0.05, 0.1) is 0 Å². The van der Waals surface area contributed by atoms with Crippen LogP contribution in [-0.2, 0) is 16.1 Å². The number of aromatic nitrogens is 4. The van der Waals surface area contributed by atoms with E-state index < -0.39 is 0 Å². The number of amides is 2. The third-order valence-corrected chi connectivity index (χ3v) is 3.25. The molecule has 0 aliphatic carbocycles. The normalized spacial score (nSPS) is 16.4. The van der Waals surface area contributed by atoms with Crippen molar-refractivity contribution in [3.8, 4) is 0 Å². The maximum Gasteiger partial charge on any atom is 0.244 e. The van der Waals surface area contributed by atoms with Crippen LogP contribution >= 0.6 is 0 Å². The summed E-state index contributed by atoms with van der Waals surface area (Å²) in [5.41, 5.74) is -0.376. The van der Waals surface area contributed by atoms with Gasteiger partial charge >= 0.3 is 0 Å². The van der Waals surface area contributed by atoms with E-state index in [1.807, 2.05) is 25.7 Å². The van der Waals surface area contributed by atoms with Crippen LogP contribution in [0, 0.1) is 5.41 Å².